The summed E-state index contributed by atoms with van der Waals surface area (Å²) in [5, 5.41) is 4.15. The van der Waals surface area contributed by atoms with Crippen LogP contribution >= 0.6 is 35.0 Å². The van der Waals surface area contributed by atoms with Crippen LogP contribution in [-0.2, 0) is 14.3 Å². The quantitative estimate of drug-likeness (QED) is 0.265. The molecule has 2 amide bonds. The van der Waals surface area contributed by atoms with Crippen LogP contribution in [0.4, 0.5) is 11.4 Å². The SMILES string of the molecule is CCCOC(=O)c1ccccc1N1C(=O)C(Nc2ccc(Cl)cc2)=C(Sc2ccc(Cl)cc2)C1=O. The lowest BCUT2D eigenvalue weighted by atomic mass is 10.1. The van der Waals surface area contributed by atoms with E-state index in [4.69, 9.17) is 27.9 Å². The first-order chi connectivity index (χ1) is 16.9. The molecule has 1 aliphatic heterocycles. The van der Waals surface area contributed by atoms with Gasteiger partial charge in [0.05, 0.1) is 17.9 Å². The maximum absolute atomic E-state index is 13.6. The lowest BCUT2D eigenvalue weighted by molar-refractivity contribution is -0.120. The van der Waals surface area contributed by atoms with Crippen molar-refractivity contribution in [2.75, 3.05) is 16.8 Å². The van der Waals surface area contributed by atoms with Gasteiger partial charge in [-0.05, 0) is 67.1 Å². The van der Waals surface area contributed by atoms with Crippen LogP contribution in [-0.4, -0.2) is 24.4 Å². The summed E-state index contributed by atoms with van der Waals surface area (Å²) in [5.41, 5.74) is 0.961. The lowest BCUT2D eigenvalue weighted by Gasteiger charge is -2.18. The zero-order chi connectivity index (χ0) is 24.9. The van der Waals surface area contributed by atoms with Crippen molar-refractivity contribution in [3.8, 4) is 0 Å². The van der Waals surface area contributed by atoms with Gasteiger partial charge < -0.3 is 10.1 Å². The maximum atomic E-state index is 13.6. The molecule has 0 aromatic heterocycles. The highest BCUT2D eigenvalue weighted by Gasteiger charge is 2.41. The summed E-state index contributed by atoms with van der Waals surface area (Å²) in [6.45, 7) is 2.11. The molecule has 0 saturated carbocycles. The van der Waals surface area contributed by atoms with Gasteiger partial charge >= 0.3 is 5.97 Å². The Morgan fingerprint density at radius 3 is 2.20 bits per heavy atom. The minimum atomic E-state index is -0.603. The molecule has 0 fully saturated rings. The number of nitrogens with zero attached hydrogens (tertiary/aromatic N) is 1. The third kappa shape index (κ3) is 5.53. The molecule has 9 heteroatoms. The number of halogens is 2. The predicted molar refractivity (Wildman–Crippen MR) is 139 cm³/mol. The number of amides is 2. The molecule has 0 atom stereocenters. The predicted octanol–water partition coefficient (Wildman–Crippen LogP) is 6.55. The number of carbonyl (C=O) groups is 3. The van der Waals surface area contributed by atoms with Gasteiger partial charge in [0.15, 0.2) is 0 Å². The summed E-state index contributed by atoms with van der Waals surface area (Å²) in [5.74, 6) is -1.74. The van der Waals surface area contributed by atoms with E-state index in [0.717, 1.165) is 21.6 Å². The average Bonchev–Trinajstić information content (AvgIpc) is 3.09. The number of rotatable bonds is 8. The van der Waals surface area contributed by atoms with E-state index < -0.39 is 17.8 Å². The summed E-state index contributed by atoms with van der Waals surface area (Å²) in [4.78, 5) is 41.8. The number of esters is 1. The summed E-state index contributed by atoms with van der Waals surface area (Å²) in [6.07, 6.45) is 0.647. The summed E-state index contributed by atoms with van der Waals surface area (Å²) in [7, 11) is 0. The number of carbonyl (C=O) groups excluding carboxylic acids is 3. The van der Waals surface area contributed by atoms with Crippen LogP contribution in [0.1, 0.15) is 23.7 Å². The monoisotopic (exact) mass is 526 g/mol. The topological polar surface area (TPSA) is 75.7 Å². The molecule has 35 heavy (non-hydrogen) atoms. The van der Waals surface area contributed by atoms with Gasteiger partial charge in [-0.3, -0.25) is 9.59 Å². The Morgan fingerprint density at radius 2 is 1.54 bits per heavy atom. The first-order valence-corrected chi connectivity index (χ1v) is 12.3. The molecule has 6 nitrogen and oxygen atoms in total. The zero-order valence-electron chi connectivity index (χ0n) is 18.6. The number of para-hydroxylation sites is 1. The maximum Gasteiger partial charge on any atom is 0.340 e. The molecule has 0 spiro atoms. The third-order valence-electron chi connectivity index (χ3n) is 4.99. The molecule has 0 radical (unpaired) electrons. The van der Waals surface area contributed by atoms with Gasteiger partial charge in [0, 0.05) is 20.6 Å². The highest BCUT2D eigenvalue weighted by atomic mass is 35.5. The highest BCUT2D eigenvalue weighted by molar-refractivity contribution is 8.04. The molecule has 1 aliphatic rings. The minimum Gasteiger partial charge on any atom is -0.462 e. The van der Waals surface area contributed by atoms with E-state index in [2.05, 4.69) is 5.32 Å². The van der Waals surface area contributed by atoms with Gasteiger partial charge in [0.2, 0.25) is 0 Å². The zero-order valence-corrected chi connectivity index (χ0v) is 20.9. The van der Waals surface area contributed by atoms with Gasteiger partial charge in [-0.2, -0.15) is 0 Å². The van der Waals surface area contributed by atoms with Gasteiger partial charge in [-0.1, -0.05) is 54.0 Å². The van der Waals surface area contributed by atoms with Crippen LogP contribution in [0.5, 0.6) is 0 Å². The first-order valence-electron chi connectivity index (χ1n) is 10.7. The largest absolute Gasteiger partial charge is 0.462 e. The number of hydrogen-bond acceptors (Lipinski definition) is 6. The summed E-state index contributed by atoms with van der Waals surface area (Å²) in [6, 6.07) is 20.1. The van der Waals surface area contributed by atoms with Crippen molar-refractivity contribution < 1.29 is 19.1 Å². The molecule has 0 bridgehead atoms. The number of ether oxygens (including phenoxy) is 1. The Kier molecular flexibility index (Phi) is 7.80. The Balaban J connectivity index is 1.74. The van der Waals surface area contributed by atoms with Crippen LogP contribution < -0.4 is 10.2 Å². The number of anilines is 2. The molecule has 0 saturated heterocycles. The fourth-order valence-electron chi connectivity index (χ4n) is 3.35. The van der Waals surface area contributed by atoms with Crippen LogP contribution in [0.2, 0.25) is 10.0 Å². The van der Waals surface area contributed by atoms with Crippen molar-refractivity contribution in [1.29, 1.82) is 0 Å². The van der Waals surface area contributed by atoms with E-state index in [1.807, 2.05) is 6.92 Å². The van der Waals surface area contributed by atoms with Gasteiger partial charge in [-0.25, -0.2) is 9.69 Å². The molecule has 3 aromatic carbocycles. The number of thioether (sulfide) groups is 1. The van der Waals surface area contributed by atoms with Crippen LogP contribution in [0.25, 0.3) is 0 Å². The van der Waals surface area contributed by atoms with E-state index in [-0.39, 0.29) is 28.5 Å². The fourth-order valence-corrected chi connectivity index (χ4v) is 4.52. The van der Waals surface area contributed by atoms with Crippen molar-refractivity contribution in [1.82, 2.24) is 0 Å². The van der Waals surface area contributed by atoms with Crippen molar-refractivity contribution in [2.45, 2.75) is 18.2 Å². The number of imide groups is 1. The van der Waals surface area contributed by atoms with E-state index in [9.17, 15) is 14.4 Å². The van der Waals surface area contributed by atoms with Gasteiger partial charge in [-0.15, -0.1) is 0 Å². The molecule has 1 N–H and O–H groups in total. The first kappa shape index (κ1) is 24.9. The Morgan fingerprint density at radius 1 is 0.914 bits per heavy atom. The van der Waals surface area contributed by atoms with Crippen molar-refractivity contribution >= 4 is 64.1 Å². The molecular formula is C26H20Cl2N2O4S. The molecule has 0 aliphatic carbocycles. The second-order valence-corrected chi connectivity index (χ2v) is 9.45. The van der Waals surface area contributed by atoms with E-state index in [1.54, 1.807) is 66.7 Å². The van der Waals surface area contributed by atoms with Crippen molar-refractivity contribution in [3.63, 3.8) is 0 Å². The second kappa shape index (κ2) is 11.0. The second-order valence-electron chi connectivity index (χ2n) is 7.49. The third-order valence-corrected chi connectivity index (χ3v) is 6.59. The smallest absolute Gasteiger partial charge is 0.340 e. The molecule has 178 valence electrons. The molecule has 0 unspecified atom stereocenters. The number of nitrogens with one attached hydrogen (secondary N) is 1. The Hall–Kier alpha value is -3.26. The van der Waals surface area contributed by atoms with Gasteiger partial charge in [0.1, 0.15) is 10.6 Å². The normalized spacial score (nSPS) is 13.4. The minimum absolute atomic E-state index is 0.0917. The Labute approximate surface area is 216 Å². The Bertz CT molecular complexity index is 1240. The van der Waals surface area contributed by atoms with Crippen LogP contribution in [0, 0.1) is 0 Å². The standard InChI is InChI=1S/C26H20Cl2N2O4S/c1-2-15-34-26(33)20-5-3-4-6-21(20)30-24(31)22(29-18-11-7-16(27)8-12-18)23(25(30)32)35-19-13-9-17(28)10-14-19/h3-14,29H,2,15H2,1H3. The van der Waals surface area contributed by atoms with Crippen molar-refractivity contribution in [3.05, 3.63) is 99.0 Å². The van der Waals surface area contributed by atoms with Crippen molar-refractivity contribution in [2.24, 2.45) is 0 Å². The molecule has 3 aromatic rings. The van der Waals surface area contributed by atoms with Gasteiger partial charge in [0.25, 0.3) is 11.8 Å². The van der Waals surface area contributed by atoms with E-state index >= 15 is 0 Å². The summed E-state index contributed by atoms with van der Waals surface area (Å²) < 4.78 is 5.27. The van der Waals surface area contributed by atoms with Crippen LogP contribution in [0.15, 0.2) is 88.3 Å². The number of hydrogen-bond donors (Lipinski definition) is 1. The fraction of sp³-hybridized carbons (Fsp3) is 0.115. The average molecular weight is 527 g/mol. The van der Waals surface area contributed by atoms with E-state index in [0.29, 0.717) is 22.2 Å². The molecule has 4 rings (SSSR count). The highest BCUT2D eigenvalue weighted by Crippen LogP contribution is 2.39. The lowest BCUT2D eigenvalue weighted by Crippen LogP contribution is -2.33. The summed E-state index contributed by atoms with van der Waals surface area (Å²) >= 11 is 13.1. The number of benzene rings is 3. The van der Waals surface area contributed by atoms with E-state index in [1.165, 1.54) is 6.07 Å². The molecular weight excluding hydrogens is 507 g/mol. The van der Waals surface area contributed by atoms with Crippen LogP contribution in [0.3, 0.4) is 0 Å². The molecule has 1 heterocycles.